The van der Waals surface area contributed by atoms with Crippen LogP contribution in [0, 0.1) is 0 Å². The van der Waals surface area contributed by atoms with Gasteiger partial charge in [-0.15, -0.1) is 0 Å². The molecule has 0 saturated heterocycles. The molecule has 3 N–H and O–H groups in total. The lowest BCUT2D eigenvalue weighted by atomic mass is 10.1. The van der Waals surface area contributed by atoms with Crippen molar-refractivity contribution >= 4 is 29.8 Å². The second-order valence-corrected chi connectivity index (χ2v) is 8.40. The van der Waals surface area contributed by atoms with Crippen molar-refractivity contribution in [2.24, 2.45) is 0 Å². The zero-order chi connectivity index (χ0) is 32.0. The normalized spacial score (nSPS) is 13.4. The molecule has 0 aliphatic carbocycles. The minimum absolute atomic E-state index is 0.0743. The van der Waals surface area contributed by atoms with Crippen LogP contribution in [0.5, 0.6) is 11.5 Å². The molecule has 2 amide bonds. The number of aromatic hydroxyl groups is 1. The summed E-state index contributed by atoms with van der Waals surface area (Å²) in [7, 11) is 2.33. The lowest BCUT2D eigenvalue weighted by Gasteiger charge is -2.15. The van der Waals surface area contributed by atoms with Crippen LogP contribution in [0.15, 0.2) is 84.6 Å². The van der Waals surface area contributed by atoms with Crippen molar-refractivity contribution in [3.8, 4) is 11.5 Å². The van der Waals surface area contributed by atoms with Crippen LogP contribution in [0.25, 0.3) is 6.08 Å². The summed E-state index contributed by atoms with van der Waals surface area (Å²) >= 11 is 0. The van der Waals surface area contributed by atoms with Gasteiger partial charge >= 0.3 is 11.9 Å². The first-order valence-corrected chi connectivity index (χ1v) is 12.3. The van der Waals surface area contributed by atoms with Gasteiger partial charge in [0.2, 0.25) is 11.8 Å². The third-order valence-electron chi connectivity index (χ3n) is 5.03. The number of benzene rings is 3. The van der Waals surface area contributed by atoms with E-state index >= 15 is 0 Å². The van der Waals surface area contributed by atoms with Crippen molar-refractivity contribution < 1.29 is 41.2 Å². The summed E-state index contributed by atoms with van der Waals surface area (Å²) in [5, 5.41) is 13.9. The molecule has 0 aromatic heterocycles. The van der Waals surface area contributed by atoms with Crippen molar-refractivity contribution in [1.82, 2.24) is 10.6 Å². The number of carbonyl (C=O) groups is 4. The third kappa shape index (κ3) is 12.1. The average Bonchev–Trinajstić information content (AvgIpc) is 2.99. The van der Waals surface area contributed by atoms with Crippen LogP contribution in [0.3, 0.4) is 0 Å². The molecular weight excluding hydrogens is 528 g/mol. The first-order chi connectivity index (χ1) is 20.4. The number of hydrogen-bond acceptors (Lipinski definition) is 8. The van der Waals surface area contributed by atoms with Crippen LogP contribution in [-0.2, 0) is 41.7 Å². The summed E-state index contributed by atoms with van der Waals surface area (Å²) in [6.45, 7) is 2.92. The van der Waals surface area contributed by atoms with E-state index in [9.17, 15) is 24.3 Å². The second kappa shape index (κ2) is 16.8. The highest BCUT2D eigenvalue weighted by Crippen LogP contribution is 2.17. The summed E-state index contributed by atoms with van der Waals surface area (Å²) in [4.78, 5) is 45.7. The van der Waals surface area contributed by atoms with E-state index < -0.39 is 30.3 Å². The van der Waals surface area contributed by atoms with Gasteiger partial charge in [0.25, 0.3) is 0 Å². The van der Waals surface area contributed by atoms with E-state index in [1.54, 1.807) is 18.2 Å². The van der Waals surface area contributed by atoms with Gasteiger partial charge in [-0.3, -0.25) is 9.59 Å². The molecule has 3 aromatic carbocycles. The fourth-order valence-electron chi connectivity index (χ4n) is 3.27. The first kappa shape index (κ1) is 28.9. The van der Waals surface area contributed by atoms with E-state index in [2.05, 4.69) is 20.1 Å². The smallest absolute Gasteiger partial charge is 0.354 e. The van der Waals surface area contributed by atoms with Gasteiger partial charge in [0.15, 0.2) is 0 Å². The van der Waals surface area contributed by atoms with Gasteiger partial charge in [0.05, 0.1) is 15.6 Å². The van der Waals surface area contributed by atoms with Gasteiger partial charge in [-0.25, -0.2) is 9.59 Å². The fourth-order valence-corrected chi connectivity index (χ4v) is 3.27. The molecule has 2 atom stereocenters. The fraction of sp³-hybridized carbons (Fsp3) is 0.226. The molecule has 0 heterocycles. The zero-order valence-corrected chi connectivity index (χ0v) is 23.2. The monoisotopic (exact) mass is 564 g/mol. The summed E-state index contributed by atoms with van der Waals surface area (Å²) in [6, 6.07) is 20.4. The number of methoxy groups -OCH3 is 2. The molecule has 216 valence electrons. The van der Waals surface area contributed by atoms with E-state index in [-0.39, 0.29) is 22.9 Å². The van der Waals surface area contributed by atoms with Crippen molar-refractivity contribution in [2.75, 3.05) is 14.2 Å². The number of nitrogens with one attached hydrogen (secondary N) is 2. The van der Waals surface area contributed by atoms with Crippen LogP contribution < -0.4 is 15.4 Å². The topological polar surface area (TPSA) is 140 Å². The number of phenolic OH excluding ortho intramolecular Hbond substituents is 1. The maximum absolute atomic E-state index is 11.7. The van der Waals surface area contributed by atoms with E-state index in [0.717, 1.165) is 25.2 Å². The van der Waals surface area contributed by atoms with E-state index in [0.29, 0.717) is 12.4 Å². The number of esters is 2. The standard InChI is InChI=1S/C19H19NO4.C12H15NO4/c1-14(21)20-18(19(22)23-2)12-16-9-6-10-17(11-16)24-13-15-7-4-3-5-8-15;1-8(14)13-11(12(16)17-2)7-9-4-3-5-10(15)6-9/h3-12H,13H2,1-2H3,(H,20,21);3-6,11,15H,7H2,1-2H3,(H,13,14)/b18-12-;/i;7D,11D. The predicted molar refractivity (Wildman–Crippen MR) is 152 cm³/mol. The number of hydrogen-bond donors (Lipinski definition) is 3. The Balaban J connectivity index is 0.000000309. The van der Waals surface area contributed by atoms with Crippen LogP contribution in [0.1, 0.15) is 33.3 Å². The molecule has 0 aliphatic rings. The van der Waals surface area contributed by atoms with E-state index in [4.69, 9.17) is 7.48 Å². The van der Waals surface area contributed by atoms with Gasteiger partial charge < -0.3 is 30.0 Å². The highest BCUT2D eigenvalue weighted by molar-refractivity contribution is 5.97. The maximum Gasteiger partial charge on any atom is 0.354 e. The summed E-state index contributed by atoms with van der Waals surface area (Å²) < 4.78 is 30.9. The number of carbonyl (C=O) groups excluding carboxylic acids is 4. The molecule has 0 radical (unpaired) electrons. The predicted octanol–water partition coefficient (Wildman–Crippen LogP) is 3.53. The van der Waals surface area contributed by atoms with Crippen molar-refractivity contribution in [1.29, 1.82) is 0 Å². The van der Waals surface area contributed by atoms with Crippen LogP contribution in [0.2, 0.25) is 0 Å². The first-order valence-electron chi connectivity index (χ1n) is 13.4. The Morgan fingerprint density at radius 3 is 2.20 bits per heavy atom. The minimum Gasteiger partial charge on any atom is -0.508 e. The molecule has 3 aromatic rings. The molecule has 3 rings (SSSR count). The molecule has 0 fully saturated rings. The van der Waals surface area contributed by atoms with Crippen molar-refractivity contribution in [2.45, 2.75) is 32.9 Å². The van der Waals surface area contributed by atoms with Crippen LogP contribution >= 0.6 is 0 Å². The minimum atomic E-state index is -2.27. The Kier molecular flexibility index (Phi) is 11.8. The second-order valence-electron chi connectivity index (χ2n) is 8.40. The number of ether oxygens (including phenoxy) is 3. The summed E-state index contributed by atoms with van der Waals surface area (Å²) in [6.07, 6.45) is 0.110. The number of amides is 2. The number of rotatable bonds is 10. The lowest BCUT2D eigenvalue weighted by Crippen LogP contribution is -2.41. The summed E-state index contributed by atoms with van der Waals surface area (Å²) in [5.74, 6) is -2.06. The molecule has 10 heteroatoms. The van der Waals surface area contributed by atoms with Gasteiger partial charge in [0, 0.05) is 21.6 Å². The molecule has 10 nitrogen and oxygen atoms in total. The summed E-state index contributed by atoms with van der Waals surface area (Å²) in [5.41, 5.74) is 2.07. The van der Waals surface area contributed by atoms with Crippen LogP contribution in [-0.4, -0.2) is 49.1 Å². The molecule has 0 saturated carbocycles. The van der Waals surface area contributed by atoms with Gasteiger partial charge in [-0.1, -0.05) is 54.6 Å². The van der Waals surface area contributed by atoms with Crippen molar-refractivity contribution in [3.05, 3.63) is 101 Å². The average molecular weight is 565 g/mol. The van der Waals surface area contributed by atoms with Gasteiger partial charge in [-0.2, -0.15) is 0 Å². The molecule has 0 aliphatic heterocycles. The van der Waals surface area contributed by atoms with Crippen LogP contribution in [0.4, 0.5) is 0 Å². The maximum atomic E-state index is 11.7. The molecule has 41 heavy (non-hydrogen) atoms. The Morgan fingerprint density at radius 1 is 0.902 bits per heavy atom. The molecule has 2 unspecified atom stereocenters. The molecular formula is C31H34N2O8. The Hall–Kier alpha value is -5.12. The Morgan fingerprint density at radius 2 is 1.59 bits per heavy atom. The van der Waals surface area contributed by atoms with E-state index in [1.165, 1.54) is 38.3 Å². The largest absolute Gasteiger partial charge is 0.508 e. The highest BCUT2D eigenvalue weighted by Gasteiger charge is 2.20. The van der Waals surface area contributed by atoms with Crippen molar-refractivity contribution in [3.63, 3.8) is 0 Å². The highest BCUT2D eigenvalue weighted by atomic mass is 16.5. The van der Waals surface area contributed by atoms with E-state index in [1.807, 2.05) is 42.5 Å². The zero-order valence-electron chi connectivity index (χ0n) is 25.2. The lowest BCUT2D eigenvalue weighted by molar-refractivity contribution is -0.144. The van der Waals surface area contributed by atoms with Gasteiger partial charge in [0.1, 0.15) is 29.8 Å². The van der Waals surface area contributed by atoms with Gasteiger partial charge in [-0.05, 0) is 47.0 Å². The Labute approximate surface area is 241 Å². The number of phenols is 1. The molecule has 0 bridgehead atoms. The quantitative estimate of drug-likeness (QED) is 0.251. The Bertz CT molecular complexity index is 1450. The third-order valence-corrected chi connectivity index (χ3v) is 5.03. The SMILES string of the molecule is COC(=O)/C(=C/c1cccc(OCc2ccccc2)c1)NC(C)=O.[2H]C(c1cccc(O)c1)C([2H])(NC(C)=O)C(=O)OC. The molecule has 0 spiro atoms.